The second-order valence-electron chi connectivity index (χ2n) is 5.32. The van der Waals surface area contributed by atoms with Crippen LogP contribution in [0.1, 0.15) is 42.9 Å². The molecule has 0 aromatic carbocycles. The van der Waals surface area contributed by atoms with Gasteiger partial charge in [0.15, 0.2) is 0 Å². The van der Waals surface area contributed by atoms with E-state index < -0.39 is 0 Å². The molecule has 1 aromatic heterocycles. The molecule has 0 aliphatic carbocycles. The highest BCUT2D eigenvalue weighted by Crippen LogP contribution is 2.17. The van der Waals surface area contributed by atoms with E-state index in [-0.39, 0.29) is 17.9 Å². The fourth-order valence-corrected chi connectivity index (χ4v) is 2.76. The Balaban J connectivity index is 2.08. The van der Waals surface area contributed by atoms with Crippen molar-refractivity contribution < 1.29 is 9.90 Å². The molecule has 0 spiro atoms. The van der Waals surface area contributed by atoms with E-state index in [2.05, 4.69) is 24.4 Å². The largest absolute Gasteiger partial charge is 0.393 e. The number of thiophene rings is 1. The highest BCUT2D eigenvalue weighted by Gasteiger charge is 2.09. The predicted molar refractivity (Wildman–Crippen MR) is 80.5 cm³/mol. The van der Waals surface area contributed by atoms with Crippen LogP contribution in [-0.2, 0) is 11.2 Å². The molecule has 1 atom stereocenters. The van der Waals surface area contributed by atoms with E-state index >= 15 is 0 Å². The Morgan fingerprint density at radius 3 is 2.74 bits per heavy atom. The summed E-state index contributed by atoms with van der Waals surface area (Å²) in [5.41, 5.74) is 0. The minimum absolute atomic E-state index is 0.0873. The van der Waals surface area contributed by atoms with Crippen molar-refractivity contribution in [3.05, 3.63) is 21.9 Å². The van der Waals surface area contributed by atoms with Crippen molar-refractivity contribution in [1.82, 2.24) is 5.32 Å². The normalized spacial score (nSPS) is 12.7. The van der Waals surface area contributed by atoms with Crippen molar-refractivity contribution in [3.63, 3.8) is 0 Å². The van der Waals surface area contributed by atoms with Gasteiger partial charge in [-0.2, -0.15) is 0 Å². The molecular formula is C15H25NO2S. The first-order valence-corrected chi connectivity index (χ1v) is 7.80. The zero-order chi connectivity index (χ0) is 14.3. The Bertz CT molecular complexity index is 387. The van der Waals surface area contributed by atoms with Gasteiger partial charge in [0, 0.05) is 22.7 Å². The van der Waals surface area contributed by atoms with Gasteiger partial charge in [0.2, 0.25) is 5.91 Å². The molecule has 1 amide bonds. The van der Waals surface area contributed by atoms with Crippen molar-refractivity contribution >= 4 is 17.2 Å². The summed E-state index contributed by atoms with van der Waals surface area (Å²) in [6.07, 6.45) is 2.73. The van der Waals surface area contributed by atoms with Crippen molar-refractivity contribution in [1.29, 1.82) is 0 Å². The number of nitrogens with one attached hydrogen (secondary N) is 1. The van der Waals surface area contributed by atoms with Crippen LogP contribution >= 0.6 is 11.3 Å². The maximum Gasteiger partial charge on any atom is 0.220 e. The monoisotopic (exact) mass is 283 g/mol. The number of amides is 1. The summed E-state index contributed by atoms with van der Waals surface area (Å²) >= 11 is 1.80. The number of aryl methyl sites for hydroxylation is 2. The minimum Gasteiger partial charge on any atom is -0.393 e. The van der Waals surface area contributed by atoms with Crippen LogP contribution in [0.5, 0.6) is 0 Å². The summed E-state index contributed by atoms with van der Waals surface area (Å²) < 4.78 is 0. The molecule has 1 aromatic rings. The Kier molecular flexibility index (Phi) is 7.10. The Morgan fingerprint density at radius 2 is 2.16 bits per heavy atom. The Morgan fingerprint density at radius 1 is 1.42 bits per heavy atom. The molecule has 0 fully saturated rings. The number of hydrogen-bond donors (Lipinski definition) is 2. The van der Waals surface area contributed by atoms with Crippen molar-refractivity contribution in [2.75, 3.05) is 6.54 Å². The number of rotatable bonds is 8. The van der Waals surface area contributed by atoms with Gasteiger partial charge in [0.05, 0.1) is 6.10 Å². The zero-order valence-electron chi connectivity index (χ0n) is 12.1. The third-order valence-electron chi connectivity index (χ3n) is 3.15. The van der Waals surface area contributed by atoms with E-state index in [9.17, 15) is 9.90 Å². The lowest BCUT2D eigenvalue weighted by Gasteiger charge is -2.14. The van der Waals surface area contributed by atoms with Crippen molar-refractivity contribution in [2.24, 2.45) is 5.92 Å². The van der Waals surface area contributed by atoms with Crippen LogP contribution in [0.2, 0.25) is 0 Å². The molecule has 19 heavy (non-hydrogen) atoms. The van der Waals surface area contributed by atoms with Gasteiger partial charge in [-0.3, -0.25) is 4.79 Å². The second kappa shape index (κ2) is 8.33. The zero-order valence-corrected chi connectivity index (χ0v) is 12.9. The molecular weight excluding hydrogens is 258 g/mol. The van der Waals surface area contributed by atoms with E-state index in [1.807, 2.05) is 13.8 Å². The SMILES string of the molecule is Cc1ccc(CCCC(=O)NCCC(O)C(C)C)s1. The molecule has 0 aliphatic rings. The minimum atomic E-state index is -0.325. The fraction of sp³-hybridized carbons (Fsp3) is 0.667. The summed E-state index contributed by atoms with van der Waals surface area (Å²) in [5, 5.41) is 12.5. The predicted octanol–water partition coefficient (Wildman–Crippen LogP) is 2.90. The second-order valence-corrected chi connectivity index (χ2v) is 6.69. The molecule has 108 valence electrons. The number of carbonyl (C=O) groups excluding carboxylic acids is 1. The molecule has 0 radical (unpaired) electrons. The van der Waals surface area contributed by atoms with Crippen LogP contribution in [0.15, 0.2) is 12.1 Å². The molecule has 4 heteroatoms. The average Bonchev–Trinajstić information content (AvgIpc) is 2.74. The number of aliphatic hydroxyl groups is 1. The van der Waals surface area contributed by atoms with Crippen LogP contribution in [0.4, 0.5) is 0 Å². The molecule has 0 bridgehead atoms. The fourth-order valence-electron chi connectivity index (χ4n) is 1.82. The van der Waals surface area contributed by atoms with E-state index in [0.717, 1.165) is 12.8 Å². The molecule has 2 N–H and O–H groups in total. The van der Waals surface area contributed by atoms with E-state index in [0.29, 0.717) is 19.4 Å². The summed E-state index contributed by atoms with van der Waals surface area (Å²) in [6, 6.07) is 4.25. The van der Waals surface area contributed by atoms with Crippen molar-refractivity contribution in [2.45, 2.75) is 52.6 Å². The van der Waals surface area contributed by atoms with Crippen molar-refractivity contribution in [3.8, 4) is 0 Å². The van der Waals surface area contributed by atoms with Crippen LogP contribution in [-0.4, -0.2) is 23.7 Å². The van der Waals surface area contributed by atoms with E-state index in [1.54, 1.807) is 11.3 Å². The van der Waals surface area contributed by atoms with E-state index in [1.165, 1.54) is 9.75 Å². The highest BCUT2D eigenvalue weighted by atomic mass is 32.1. The quantitative estimate of drug-likeness (QED) is 0.770. The molecule has 1 unspecified atom stereocenters. The smallest absolute Gasteiger partial charge is 0.220 e. The van der Waals surface area contributed by atoms with Crippen LogP contribution in [0.3, 0.4) is 0 Å². The molecule has 1 heterocycles. The Hall–Kier alpha value is -0.870. The van der Waals surface area contributed by atoms with Gasteiger partial charge in [0.25, 0.3) is 0 Å². The molecule has 0 saturated carbocycles. The summed E-state index contributed by atoms with van der Waals surface area (Å²) in [4.78, 5) is 14.3. The molecule has 1 rings (SSSR count). The first-order chi connectivity index (χ1) is 8.99. The third kappa shape index (κ3) is 6.73. The lowest BCUT2D eigenvalue weighted by atomic mass is 10.0. The maximum absolute atomic E-state index is 11.6. The molecule has 0 saturated heterocycles. The first kappa shape index (κ1) is 16.2. The van der Waals surface area contributed by atoms with Crippen LogP contribution < -0.4 is 5.32 Å². The number of hydrogen-bond acceptors (Lipinski definition) is 3. The van der Waals surface area contributed by atoms with Gasteiger partial charge >= 0.3 is 0 Å². The Labute approximate surface area is 120 Å². The van der Waals surface area contributed by atoms with Gasteiger partial charge in [-0.1, -0.05) is 13.8 Å². The maximum atomic E-state index is 11.6. The number of aliphatic hydroxyl groups excluding tert-OH is 1. The summed E-state index contributed by atoms with van der Waals surface area (Å²) in [7, 11) is 0. The van der Waals surface area contributed by atoms with Gasteiger partial charge in [-0.15, -0.1) is 11.3 Å². The van der Waals surface area contributed by atoms with Crippen LogP contribution in [0, 0.1) is 12.8 Å². The number of carbonyl (C=O) groups is 1. The van der Waals surface area contributed by atoms with E-state index in [4.69, 9.17) is 0 Å². The topological polar surface area (TPSA) is 49.3 Å². The third-order valence-corrected chi connectivity index (χ3v) is 4.22. The van der Waals surface area contributed by atoms with Gasteiger partial charge in [-0.05, 0) is 44.2 Å². The average molecular weight is 283 g/mol. The summed E-state index contributed by atoms with van der Waals surface area (Å²) in [6.45, 7) is 6.63. The van der Waals surface area contributed by atoms with Gasteiger partial charge in [-0.25, -0.2) is 0 Å². The standard InChI is InChI=1S/C15H25NO2S/c1-11(2)14(17)9-10-16-15(18)6-4-5-13-8-7-12(3)19-13/h7-8,11,14,17H,4-6,9-10H2,1-3H3,(H,16,18). The van der Waals surface area contributed by atoms with Crippen LogP contribution in [0.25, 0.3) is 0 Å². The van der Waals surface area contributed by atoms with Gasteiger partial charge < -0.3 is 10.4 Å². The lowest BCUT2D eigenvalue weighted by Crippen LogP contribution is -2.28. The molecule has 3 nitrogen and oxygen atoms in total. The molecule has 0 aliphatic heterocycles. The first-order valence-electron chi connectivity index (χ1n) is 6.99. The van der Waals surface area contributed by atoms with Gasteiger partial charge in [0.1, 0.15) is 0 Å². The lowest BCUT2D eigenvalue weighted by molar-refractivity contribution is -0.121. The summed E-state index contributed by atoms with van der Waals surface area (Å²) in [5.74, 6) is 0.336. The highest BCUT2D eigenvalue weighted by molar-refractivity contribution is 7.11.